The summed E-state index contributed by atoms with van der Waals surface area (Å²) in [6.45, 7) is 1.66. The lowest BCUT2D eigenvalue weighted by molar-refractivity contribution is -0.129. The van der Waals surface area contributed by atoms with E-state index in [-0.39, 0.29) is 12.1 Å². The lowest BCUT2D eigenvalue weighted by Gasteiger charge is -2.13. The Kier molecular flexibility index (Phi) is 4.65. The maximum absolute atomic E-state index is 12.4. The van der Waals surface area contributed by atoms with Crippen LogP contribution in [0.5, 0.6) is 0 Å². The van der Waals surface area contributed by atoms with E-state index in [9.17, 15) is 14.4 Å². The fourth-order valence-electron chi connectivity index (χ4n) is 2.38. The average molecular weight is 340 g/mol. The number of carbonyl (C=O) groups excluding carboxylic acids is 2. The van der Waals surface area contributed by atoms with E-state index in [0.29, 0.717) is 16.7 Å². The average Bonchev–Trinajstić information content (AvgIpc) is 3.12. The lowest BCUT2D eigenvalue weighted by atomic mass is 10.1. The van der Waals surface area contributed by atoms with Crippen LogP contribution < -0.4 is 10.9 Å². The number of H-pyrrole nitrogens is 1. The van der Waals surface area contributed by atoms with Crippen LogP contribution in [0.2, 0.25) is 0 Å². The topological polar surface area (TPSA) is 101 Å². The Morgan fingerprint density at radius 3 is 2.80 bits per heavy atom. The van der Waals surface area contributed by atoms with Crippen LogP contribution in [0, 0.1) is 0 Å². The van der Waals surface area contributed by atoms with E-state index in [1.165, 1.54) is 13.2 Å². The van der Waals surface area contributed by atoms with E-state index in [1.54, 1.807) is 36.4 Å². The number of carbonyl (C=O) groups is 2. The molecule has 0 aliphatic heterocycles. The van der Waals surface area contributed by atoms with E-state index in [1.807, 2.05) is 0 Å². The molecule has 2 N–H and O–H groups in total. The van der Waals surface area contributed by atoms with Crippen LogP contribution >= 0.6 is 0 Å². The summed E-state index contributed by atoms with van der Waals surface area (Å²) < 4.78 is 10.3. The molecule has 0 radical (unpaired) electrons. The third kappa shape index (κ3) is 3.77. The Bertz CT molecular complexity index is 959. The van der Waals surface area contributed by atoms with E-state index in [2.05, 4.69) is 10.3 Å². The first-order valence-electron chi connectivity index (χ1n) is 7.68. The molecule has 7 heteroatoms. The van der Waals surface area contributed by atoms with Gasteiger partial charge in [-0.3, -0.25) is 9.59 Å². The summed E-state index contributed by atoms with van der Waals surface area (Å²) in [7, 11) is 0. The molecule has 2 aromatic heterocycles. The molecule has 2 heterocycles. The smallest absolute Gasteiger partial charge is 0.339 e. The van der Waals surface area contributed by atoms with Gasteiger partial charge in [0.1, 0.15) is 5.76 Å². The molecular weight excluding hydrogens is 324 g/mol. The molecule has 3 aromatic rings. The number of ether oxygens (including phenoxy) is 1. The van der Waals surface area contributed by atoms with Crippen molar-refractivity contribution >= 4 is 22.8 Å². The minimum absolute atomic E-state index is 0.116. The van der Waals surface area contributed by atoms with Crippen molar-refractivity contribution in [2.24, 2.45) is 0 Å². The van der Waals surface area contributed by atoms with Gasteiger partial charge in [-0.1, -0.05) is 18.2 Å². The molecule has 0 saturated carbocycles. The van der Waals surface area contributed by atoms with Crippen molar-refractivity contribution in [3.8, 4) is 0 Å². The molecule has 0 saturated heterocycles. The predicted octanol–water partition coefficient (Wildman–Crippen LogP) is 1.98. The number of aromatic nitrogens is 1. The van der Waals surface area contributed by atoms with Gasteiger partial charge in [-0.05, 0) is 25.1 Å². The zero-order chi connectivity index (χ0) is 17.8. The van der Waals surface area contributed by atoms with Crippen molar-refractivity contribution < 1.29 is 18.7 Å². The molecule has 128 valence electrons. The van der Waals surface area contributed by atoms with E-state index >= 15 is 0 Å². The summed E-state index contributed by atoms with van der Waals surface area (Å²) in [6, 6.07) is 11.5. The molecule has 1 aromatic carbocycles. The van der Waals surface area contributed by atoms with Crippen LogP contribution in [-0.4, -0.2) is 23.0 Å². The molecule has 3 rings (SSSR count). The first kappa shape index (κ1) is 16.5. The van der Waals surface area contributed by atoms with Crippen LogP contribution in [0.25, 0.3) is 10.9 Å². The number of pyridine rings is 1. The van der Waals surface area contributed by atoms with Gasteiger partial charge < -0.3 is 19.5 Å². The number of para-hydroxylation sites is 1. The second-order valence-electron chi connectivity index (χ2n) is 5.44. The zero-order valence-corrected chi connectivity index (χ0v) is 13.4. The molecule has 0 fully saturated rings. The van der Waals surface area contributed by atoms with Gasteiger partial charge in [0.15, 0.2) is 6.10 Å². The number of esters is 1. The summed E-state index contributed by atoms with van der Waals surface area (Å²) in [5, 5.41) is 3.16. The van der Waals surface area contributed by atoms with Crippen LogP contribution in [0.4, 0.5) is 0 Å². The van der Waals surface area contributed by atoms with Crippen molar-refractivity contribution in [3.63, 3.8) is 0 Å². The van der Waals surface area contributed by atoms with E-state index in [0.717, 1.165) is 6.07 Å². The third-order valence-electron chi connectivity index (χ3n) is 3.64. The molecule has 0 bridgehead atoms. The summed E-state index contributed by atoms with van der Waals surface area (Å²) in [4.78, 5) is 38.8. The highest BCUT2D eigenvalue weighted by Gasteiger charge is 2.21. The minimum atomic E-state index is -1.01. The number of fused-ring (bicyclic) bond motifs is 1. The highest BCUT2D eigenvalue weighted by molar-refractivity contribution is 6.03. The highest BCUT2D eigenvalue weighted by atomic mass is 16.5. The molecule has 0 aliphatic rings. The fourth-order valence-corrected chi connectivity index (χ4v) is 2.38. The molecular formula is C18H16N2O5. The Balaban J connectivity index is 1.71. The molecule has 7 nitrogen and oxygen atoms in total. The van der Waals surface area contributed by atoms with Gasteiger partial charge in [-0.2, -0.15) is 0 Å². The van der Waals surface area contributed by atoms with Gasteiger partial charge >= 0.3 is 5.97 Å². The number of furan rings is 1. The number of hydrogen-bond acceptors (Lipinski definition) is 5. The summed E-state index contributed by atoms with van der Waals surface area (Å²) in [5.74, 6) is -0.602. The van der Waals surface area contributed by atoms with Crippen molar-refractivity contribution in [2.45, 2.75) is 19.6 Å². The van der Waals surface area contributed by atoms with E-state index < -0.39 is 23.5 Å². The quantitative estimate of drug-likeness (QED) is 0.692. The molecule has 0 unspecified atom stereocenters. The highest BCUT2D eigenvalue weighted by Crippen LogP contribution is 2.16. The molecule has 0 spiro atoms. The van der Waals surface area contributed by atoms with Crippen LogP contribution in [0.1, 0.15) is 23.0 Å². The first-order chi connectivity index (χ1) is 12.0. The van der Waals surface area contributed by atoms with Gasteiger partial charge in [0, 0.05) is 17.0 Å². The fraction of sp³-hybridized carbons (Fsp3) is 0.167. The summed E-state index contributed by atoms with van der Waals surface area (Å²) >= 11 is 0. The molecule has 1 atom stereocenters. The Morgan fingerprint density at radius 1 is 1.24 bits per heavy atom. The largest absolute Gasteiger partial charge is 0.467 e. The Hall–Kier alpha value is -3.35. The number of aromatic amines is 1. The standard InChI is InChI=1S/C18H16N2O5/c1-11(17(22)19-10-12-5-4-8-24-12)25-18(23)14-9-16(21)20-15-7-3-2-6-13(14)15/h2-9,11H,10H2,1H3,(H,19,22)(H,20,21)/t11-/m1/s1. The van der Waals surface area contributed by atoms with Crippen LogP contribution in [0.15, 0.2) is 57.9 Å². The van der Waals surface area contributed by atoms with Crippen molar-refractivity contribution in [1.82, 2.24) is 10.3 Å². The lowest BCUT2D eigenvalue weighted by Crippen LogP contribution is -2.35. The number of amides is 1. The summed E-state index contributed by atoms with van der Waals surface area (Å²) in [6.07, 6.45) is 0.490. The van der Waals surface area contributed by atoms with Gasteiger partial charge in [0.2, 0.25) is 5.56 Å². The molecule has 1 amide bonds. The number of hydrogen-bond donors (Lipinski definition) is 2. The second kappa shape index (κ2) is 7.04. The second-order valence-corrected chi connectivity index (χ2v) is 5.44. The minimum Gasteiger partial charge on any atom is -0.467 e. The van der Waals surface area contributed by atoms with Gasteiger partial charge in [0.05, 0.1) is 18.4 Å². The van der Waals surface area contributed by atoms with Crippen molar-refractivity contribution in [1.29, 1.82) is 0 Å². The first-order valence-corrected chi connectivity index (χ1v) is 7.68. The van der Waals surface area contributed by atoms with E-state index in [4.69, 9.17) is 9.15 Å². The maximum atomic E-state index is 12.4. The number of nitrogens with one attached hydrogen (secondary N) is 2. The molecule has 0 aliphatic carbocycles. The zero-order valence-electron chi connectivity index (χ0n) is 13.4. The molecule has 25 heavy (non-hydrogen) atoms. The normalized spacial score (nSPS) is 11.9. The number of benzene rings is 1. The number of rotatable bonds is 5. The van der Waals surface area contributed by atoms with Gasteiger partial charge in [-0.15, -0.1) is 0 Å². The van der Waals surface area contributed by atoms with Crippen molar-refractivity contribution in [2.75, 3.05) is 0 Å². The van der Waals surface area contributed by atoms with Crippen LogP contribution in [0.3, 0.4) is 0 Å². The summed E-state index contributed by atoms with van der Waals surface area (Å²) in [5.41, 5.74) is 0.225. The van der Waals surface area contributed by atoms with Gasteiger partial charge in [0.25, 0.3) is 5.91 Å². The Morgan fingerprint density at radius 2 is 2.04 bits per heavy atom. The van der Waals surface area contributed by atoms with Crippen molar-refractivity contribution in [3.05, 3.63) is 70.4 Å². The maximum Gasteiger partial charge on any atom is 0.339 e. The third-order valence-corrected chi connectivity index (χ3v) is 3.64. The van der Waals surface area contributed by atoms with Crippen LogP contribution in [-0.2, 0) is 16.1 Å². The Labute approximate surface area is 142 Å². The predicted molar refractivity (Wildman–Crippen MR) is 90.0 cm³/mol. The SMILES string of the molecule is C[C@@H](OC(=O)c1cc(=O)[nH]c2ccccc12)C(=O)NCc1ccco1. The van der Waals surface area contributed by atoms with Gasteiger partial charge in [-0.25, -0.2) is 4.79 Å². The monoisotopic (exact) mass is 340 g/mol.